The second-order valence-corrected chi connectivity index (χ2v) is 7.11. The van der Waals surface area contributed by atoms with E-state index in [4.69, 9.17) is 8.83 Å². The predicted octanol–water partition coefficient (Wildman–Crippen LogP) is 1.48. The van der Waals surface area contributed by atoms with Gasteiger partial charge in [0.2, 0.25) is 23.4 Å². The number of nitrogens with zero attached hydrogens (tertiary/aromatic N) is 4. The van der Waals surface area contributed by atoms with Crippen LogP contribution in [-0.4, -0.2) is 53.9 Å². The number of hydrogen-bond donors (Lipinski definition) is 1. The third-order valence-electron chi connectivity index (χ3n) is 5.04. The normalized spacial score (nSPS) is 17.9. The zero-order valence-electron chi connectivity index (χ0n) is 15.6. The minimum atomic E-state index is -0.643. The Morgan fingerprint density at radius 2 is 2.07 bits per heavy atom. The van der Waals surface area contributed by atoms with Crippen LogP contribution in [0.2, 0.25) is 0 Å². The molecule has 2 aromatic heterocycles. The summed E-state index contributed by atoms with van der Waals surface area (Å²) in [6.45, 7) is 3.72. The maximum Gasteiger partial charge on any atom is 0.255 e. The monoisotopic (exact) mass is 383 g/mol. The molecule has 1 aliphatic heterocycles. The molecule has 146 valence electrons. The Morgan fingerprint density at radius 1 is 1.32 bits per heavy atom. The number of oxazole rings is 1. The molecule has 28 heavy (non-hydrogen) atoms. The number of piperazine rings is 1. The molecule has 0 unspecified atom stereocenters. The van der Waals surface area contributed by atoms with Crippen LogP contribution < -0.4 is 10.2 Å². The second-order valence-electron chi connectivity index (χ2n) is 7.11. The van der Waals surface area contributed by atoms with Gasteiger partial charge in [-0.15, -0.1) is 0 Å². The van der Waals surface area contributed by atoms with Gasteiger partial charge in [-0.05, 0) is 25.8 Å². The quantitative estimate of drug-likeness (QED) is 0.831. The number of carbonyl (C=O) groups is 2. The maximum absolute atomic E-state index is 12.7. The van der Waals surface area contributed by atoms with Crippen molar-refractivity contribution in [2.75, 3.05) is 31.1 Å². The van der Waals surface area contributed by atoms with E-state index < -0.39 is 6.04 Å². The Morgan fingerprint density at radius 3 is 2.68 bits per heavy atom. The highest BCUT2D eigenvalue weighted by molar-refractivity contribution is 5.97. The third-order valence-corrected chi connectivity index (χ3v) is 5.04. The van der Waals surface area contributed by atoms with E-state index in [9.17, 15) is 14.9 Å². The number of aromatic nitrogens is 1. The molecule has 0 bridgehead atoms. The minimum Gasteiger partial charge on any atom is -0.472 e. The zero-order chi connectivity index (χ0) is 19.7. The molecular weight excluding hydrogens is 362 g/mol. The van der Waals surface area contributed by atoms with Gasteiger partial charge >= 0.3 is 0 Å². The molecule has 3 heterocycles. The fourth-order valence-electron chi connectivity index (χ4n) is 3.26. The molecule has 1 saturated carbocycles. The molecule has 2 aliphatic rings. The molecule has 4 rings (SSSR count). The third kappa shape index (κ3) is 3.58. The Balaban J connectivity index is 1.34. The number of nitriles is 1. The highest BCUT2D eigenvalue weighted by atomic mass is 16.4. The molecule has 9 heteroatoms. The molecular formula is C19H21N5O4. The van der Waals surface area contributed by atoms with Crippen molar-refractivity contribution >= 4 is 17.7 Å². The van der Waals surface area contributed by atoms with Gasteiger partial charge in [0.1, 0.15) is 18.4 Å². The summed E-state index contributed by atoms with van der Waals surface area (Å²) in [5.41, 5.74) is 0.688. The largest absolute Gasteiger partial charge is 0.472 e. The summed E-state index contributed by atoms with van der Waals surface area (Å²) in [7, 11) is 0. The van der Waals surface area contributed by atoms with E-state index in [-0.39, 0.29) is 11.8 Å². The summed E-state index contributed by atoms with van der Waals surface area (Å²) >= 11 is 0. The smallest absolute Gasteiger partial charge is 0.255 e. The zero-order valence-corrected chi connectivity index (χ0v) is 15.6. The van der Waals surface area contributed by atoms with Crippen LogP contribution in [0.5, 0.6) is 0 Å². The predicted molar refractivity (Wildman–Crippen MR) is 97.6 cm³/mol. The molecule has 0 spiro atoms. The van der Waals surface area contributed by atoms with Crippen molar-refractivity contribution in [3.63, 3.8) is 0 Å². The lowest BCUT2D eigenvalue weighted by Crippen LogP contribution is -2.54. The lowest BCUT2D eigenvalue weighted by Gasteiger charge is -2.35. The van der Waals surface area contributed by atoms with Gasteiger partial charge in [0.15, 0.2) is 0 Å². The molecule has 2 amide bonds. The van der Waals surface area contributed by atoms with E-state index in [1.165, 1.54) is 12.5 Å². The average Bonchev–Trinajstić information content (AvgIpc) is 3.24. The van der Waals surface area contributed by atoms with Crippen LogP contribution in [0.4, 0.5) is 5.88 Å². The van der Waals surface area contributed by atoms with E-state index in [1.807, 2.05) is 4.90 Å². The Bertz CT molecular complexity index is 901. The van der Waals surface area contributed by atoms with Crippen LogP contribution in [0.3, 0.4) is 0 Å². The topological polar surface area (TPSA) is 116 Å². The number of rotatable bonds is 5. The van der Waals surface area contributed by atoms with Crippen molar-refractivity contribution in [3.8, 4) is 6.07 Å². The first-order chi connectivity index (χ1) is 13.6. The Hall–Kier alpha value is -3.28. The SMILES string of the molecule is C[C@H](NC(=O)c1ccoc1)C(=O)N1CCN(c2oc(C3CC3)nc2C#N)CC1. The molecule has 9 nitrogen and oxygen atoms in total. The summed E-state index contributed by atoms with van der Waals surface area (Å²) in [4.78, 5) is 32.7. The first kappa shape index (κ1) is 18.1. The molecule has 1 aliphatic carbocycles. The molecule has 0 aromatic carbocycles. The van der Waals surface area contributed by atoms with Gasteiger partial charge < -0.3 is 24.0 Å². The fourth-order valence-corrected chi connectivity index (χ4v) is 3.26. The van der Waals surface area contributed by atoms with Crippen molar-refractivity contribution in [2.45, 2.75) is 31.7 Å². The Kier molecular flexibility index (Phi) is 4.77. The first-order valence-electron chi connectivity index (χ1n) is 9.34. The number of anilines is 1. The van der Waals surface area contributed by atoms with Crippen LogP contribution in [0, 0.1) is 11.3 Å². The highest BCUT2D eigenvalue weighted by Crippen LogP contribution is 2.41. The van der Waals surface area contributed by atoms with Gasteiger partial charge in [-0.3, -0.25) is 9.59 Å². The summed E-state index contributed by atoms with van der Waals surface area (Å²) in [6.07, 6.45) is 4.85. The van der Waals surface area contributed by atoms with Gasteiger partial charge in [0.25, 0.3) is 5.91 Å². The molecule has 0 radical (unpaired) electrons. The van der Waals surface area contributed by atoms with Crippen LogP contribution in [0.15, 0.2) is 27.4 Å². The number of nitrogens with one attached hydrogen (secondary N) is 1. The van der Waals surface area contributed by atoms with Gasteiger partial charge in [-0.2, -0.15) is 5.26 Å². The minimum absolute atomic E-state index is 0.145. The molecule has 1 saturated heterocycles. The fraction of sp³-hybridized carbons (Fsp3) is 0.474. The van der Waals surface area contributed by atoms with E-state index in [2.05, 4.69) is 16.4 Å². The lowest BCUT2D eigenvalue weighted by molar-refractivity contribution is -0.133. The molecule has 2 fully saturated rings. The van der Waals surface area contributed by atoms with Crippen LogP contribution in [-0.2, 0) is 4.79 Å². The maximum atomic E-state index is 12.7. The van der Waals surface area contributed by atoms with E-state index in [0.29, 0.717) is 55.1 Å². The number of carbonyl (C=O) groups excluding carboxylic acids is 2. The summed E-state index contributed by atoms with van der Waals surface area (Å²) < 4.78 is 10.7. The number of amides is 2. The van der Waals surface area contributed by atoms with Crippen molar-refractivity contribution in [1.29, 1.82) is 5.26 Å². The van der Waals surface area contributed by atoms with Crippen LogP contribution >= 0.6 is 0 Å². The molecule has 2 aromatic rings. The van der Waals surface area contributed by atoms with E-state index in [1.54, 1.807) is 17.9 Å². The van der Waals surface area contributed by atoms with Crippen molar-refractivity contribution < 1.29 is 18.4 Å². The average molecular weight is 383 g/mol. The Labute approximate surface area is 161 Å². The van der Waals surface area contributed by atoms with Gasteiger partial charge in [-0.1, -0.05) is 0 Å². The summed E-state index contributed by atoms with van der Waals surface area (Å²) in [5, 5.41) is 12.0. The van der Waals surface area contributed by atoms with Crippen molar-refractivity contribution in [2.24, 2.45) is 0 Å². The van der Waals surface area contributed by atoms with Crippen molar-refractivity contribution in [1.82, 2.24) is 15.2 Å². The molecule has 1 N–H and O–H groups in total. The van der Waals surface area contributed by atoms with Crippen molar-refractivity contribution in [3.05, 3.63) is 35.7 Å². The van der Waals surface area contributed by atoms with Crippen LogP contribution in [0.1, 0.15) is 47.6 Å². The number of hydrogen-bond acceptors (Lipinski definition) is 7. The second kappa shape index (κ2) is 7.38. The summed E-state index contributed by atoms with van der Waals surface area (Å²) in [5.74, 6) is 0.983. The molecule has 1 atom stereocenters. The highest BCUT2D eigenvalue weighted by Gasteiger charge is 2.33. The lowest BCUT2D eigenvalue weighted by atomic mass is 10.2. The van der Waals surface area contributed by atoms with Gasteiger partial charge in [-0.25, -0.2) is 4.98 Å². The van der Waals surface area contributed by atoms with Gasteiger partial charge in [0, 0.05) is 32.1 Å². The van der Waals surface area contributed by atoms with Crippen LogP contribution in [0.25, 0.3) is 0 Å². The summed E-state index contributed by atoms with van der Waals surface area (Å²) in [6, 6.07) is 3.00. The van der Waals surface area contributed by atoms with Gasteiger partial charge in [0.05, 0.1) is 11.8 Å². The van der Waals surface area contributed by atoms with E-state index >= 15 is 0 Å². The number of furan rings is 1. The first-order valence-corrected chi connectivity index (χ1v) is 9.34. The standard InChI is InChI=1S/C19H21N5O4/c1-12(21-16(25)14-4-9-27-11-14)18(26)23-5-7-24(8-6-23)19-15(10-20)22-17(28-19)13-2-3-13/h4,9,11-13H,2-3,5-8H2,1H3,(H,21,25)/t12-/m0/s1. The van der Waals surface area contributed by atoms with E-state index in [0.717, 1.165) is 12.8 Å².